The van der Waals surface area contributed by atoms with Crippen LogP contribution in [0.5, 0.6) is 0 Å². The lowest BCUT2D eigenvalue weighted by atomic mass is 9.93. The van der Waals surface area contributed by atoms with Crippen LogP contribution in [0.25, 0.3) is 0 Å². The van der Waals surface area contributed by atoms with Crippen molar-refractivity contribution in [2.45, 2.75) is 32.7 Å². The Morgan fingerprint density at radius 2 is 1.86 bits per heavy atom. The Labute approximate surface area is 178 Å². The fourth-order valence-electron chi connectivity index (χ4n) is 4.23. The number of rotatable bonds is 4. The first kappa shape index (κ1) is 23.4. The molecule has 1 atom stereocenters. The second kappa shape index (κ2) is 10.8. The van der Waals surface area contributed by atoms with Crippen molar-refractivity contribution in [3.8, 4) is 0 Å². The molecule has 2 saturated heterocycles. The van der Waals surface area contributed by atoms with Gasteiger partial charge in [0.25, 0.3) is 0 Å². The Morgan fingerprint density at radius 1 is 1.17 bits per heavy atom. The highest BCUT2D eigenvalue weighted by atomic mass is 35.5. The molecule has 2 aliphatic heterocycles. The summed E-state index contributed by atoms with van der Waals surface area (Å²) in [7, 11) is 0. The van der Waals surface area contributed by atoms with Crippen molar-refractivity contribution in [1.29, 1.82) is 0 Å². The SMILES string of the molecule is CCN(CC)C(=O)N1CCC(C(=O)N2CCNCC2c2cccc(F)c2)CC1.Cl. The topological polar surface area (TPSA) is 55.9 Å². The van der Waals surface area contributed by atoms with Crippen molar-refractivity contribution in [3.63, 3.8) is 0 Å². The number of piperazine rings is 1. The first-order valence-electron chi connectivity index (χ1n) is 10.4. The van der Waals surface area contributed by atoms with E-state index in [9.17, 15) is 14.0 Å². The second-order valence-electron chi connectivity index (χ2n) is 7.52. The highest BCUT2D eigenvalue weighted by molar-refractivity contribution is 5.85. The Balaban J connectivity index is 0.00000300. The maximum atomic E-state index is 13.7. The molecule has 0 saturated carbocycles. The van der Waals surface area contributed by atoms with Gasteiger partial charge in [-0.1, -0.05) is 12.1 Å². The maximum Gasteiger partial charge on any atom is 0.319 e. The van der Waals surface area contributed by atoms with E-state index in [0.29, 0.717) is 52.1 Å². The largest absolute Gasteiger partial charge is 0.333 e. The first-order chi connectivity index (χ1) is 13.5. The van der Waals surface area contributed by atoms with Gasteiger partial charge in [0.15, 0.2) is 0 Å². The lowest BCUT2D eigenvalue weighted by Gasteiger charge is -2.41. The molecule has 0 aromatic heterocycles. The molecule has 8 heteroatoms. The third kappa shape index (κ3) is 5.39. The van der Waals surface area contributed by atoms with Crippen LogP contribution in [-0.2, 0) is 4.79 Å². The Kier molecular flexibility index (Phi) is 8.71. The molecule has 2 heterocycles. The molecule has 29 heavy (non-hydrogen) atoms. The van der Waals surface area contributed by atoms with E-state index in [1.807, 2.05) is 34.6 Å². The minimum absolute atomic E-state index is 0. The Morgan fingerprint density at radius 3 is 2.48 bits per heavy atom. The molecule has 1 aromatic carbocycles. The normalized spacial score (nSPS) is 20.2. The van der Waals surface area contributed by atoms with Gasteiger partial charge < -0.3 is 20.0 Å². The van der Waals surface area contributed by atoms with Gasteiger partial charge in [-0.15, -0.1) is 12.4 Å². The molecule has 0 radical (unpaired) electrons. The van der Waals surface area contributed by atoms with Gasteiger partial charge in [0.1, 0.15) is 5.82 Å². The monoisotopic (exact) mass is 426 g/mol. The lowest BCUT2D eigenvalue weighted by molar-refractivity contribution is -0.140. The first-order valence-corrected chi connectivity index (χ1v) is 10.4. The van der Waals surface area contributed by atoms with E-state index in [0.717, 1.165) is 12.1 Å². The van der Waals surface area contributed by atoms with Crippen LogP contribution in [-0.4, -0.2) is 72.5 Å². The van der Waals surface area contributed by atoms with Gasteiger partial charge in [0.2, 0.25) is 5.91 Å². The van der Waals surface area contributed by atoms with E-state index >= 15 is 0 Å². The number of hydrogen-bond acceptors (Lipinski definition) is 3. The Bertz CT molecular complexity index is 693. The number of hydrogen-bond donors (Lipinski definition) is 1. The predicted octanol–water partition coefficient (Wildman–Crippen LogP) is 2.89. The molecule has 3 amide bonds. The standard InChI is InChI=1S/C21H31FN4O2.ClH/c1-3-24(4-2)21(28)25-11-8-16(9-12-25)20(27)26-13-10-23-15-19(26)17-6-5-7-18(22)14-17;/h5-7,14,16,19,23H,3-4,8-13,15H2,1-2H3;1H. The number of carbonyl (C=O) groups excluding carboxylic acids is 2. The van der Waals surface area contributed by atoms with Crippen LogP contribution < -0.4 is 5.32 Å². The fraction of sp³-hybridized carbons (Fsp3) is 0.619. The number of urea groups is 1. The van der Waals surface area contributed by atoms with Crippen molar-refractivity contribution in [2.75, 3.05) is 45.8 Å². The molecule has 2 aliphatic rings. The van der Waals surface area contributed by atoms with E-state index in [2.05, 4.69) is 5.32 Å². The van der Waals surface area contributed by atoms with Crippen LogP contribution in [0.15, 0.2) is 24.3 Å². The number of likely N-dealkylation sites (tertiary alicyclic amines) is 1. The molecule has 1 N–H and O–H groups in total. The number of benzene rings is 1. The number of carbonyl (C=O) groups is 2. The summed E-state index contributed by atoms with van der Waals surface area (Å²) in [6.45, 7) is 8.59. The maximum absolute atomic E-state index is 13.7. The number of amides is 3. The molecule has 1 aromatic rings. The summed E-state index contributed by atoms with van der Waals surface area (Å²) in [6.07, 6.45) is 1.37. The summed E-state index contributed by atoms with van der Waals surface area (Å²) >= 11 is 0. The average Bonchev–Trinajstić information content (AvgIpc) is 2.74. The van der Waals surface area contributed by atoms with Crippen molar-refractivity contribution >= 4 is 24.3 Å². The molecule has 0 aliphatic carbocycles. The Hall–Kier alpha value is -1.86. The van der Waals surface area contributed by atoms with Crippen LogP contribution in [0.4, 0.5) is 9.18 Å². The number of nitrogens with zero attached hydrogens (tertiary/aromatic N) is 3. The van der Waals surface area contributed by atoms with Crippen molar-refractivity contribution in [1.82, 2.24) is 20.0 Å². The van der Waals surface area contributed by atoms with E-state index in [1.54, 1.807) is 6.07 Å². The summed E-state index contributed by atoms with van der Waals surface area (Å²) in [5.74, 6) is -0.223. The van der Waals surface area contributed by atoms with Gasteiger partial charge in [-0.25, -0.2) is 9.18 Å². The van der Waals surface area contributed by atoms with Gasteiger partial charge >= 0.3 is 6.03 Å². The number of piperidine rings is 1. The van der Waals surface area contributed by atoms with Gasteiger partial charge in [0.05, 0.1) is 6.04 Å². The van der Waals surface area contributed by atoms with Crippen LogP contribution >= 0.6 is 12.4 Å². The van der Waals surface area contributed by atoms with Gasteiger partial charge in [0, 0.05) is 51.7 Å². The average molecular weight is 427 g/mol. The highest BCUT2D eigenvalue weighted by Gasteiger charge is 2.35. The smallest absolute Gasteiger partial charge is 0.319 e. The van der Waals surface area contributed by atoms with Crippen LogP contribution in [0.3, 0.4) is 0 Å². The van der Waals surface area contributed by atoms with Crippen molar-refractivity contribution in [3.05, 3.63) is 35.6 Å². The fourth-order valence-corrected chi connectivity index (χ4v) is 4.23. The van der Waals surface area contributed by atoms with E-state index in [1.165, 1.54) is 12.1 Å². The van der Waals surface area contributed by atoms with Crippen LogP contribution in [0, 0.1) is 11.7 Å². The lowest BCUT2D eigenvalue weighted by Crippen LogP contribution is -2.53. The summed E-state index contributed by atoms with van der Waals surface area (Å²) < 4.78 is 13.7. The molecule has 0 spiro atoms. The van der Waals surface area contributed by atoms with Gasteiger partial charge in [-0.2, -0.15) is 0 Å². The third-order valence-corrected chi connectivity index (χ3v) is 5.91. The zero-order valence-corrected chi connectivity index (χ0v) is 18.1. The summed E-state index contributed by atoms with van der Waals surface area (Å²) in [6, 6.07) is 6.44. The summed E-state index contributed by atoms with van der Waals surface area (Å²) in [4.78, 5) is 31.3. The van der Waals surface area contributed by atoms with E-state index < -0.39 is 0 Å². The molecule has 2 fully saturated rings. The quantitative estimate of drug-likeness (QED) is 0.805. The predicted molar refractivity (Wildman–Crippen MR) is 114 cm³/mol. The van der Waals surface area contributed by atoms with Crippen LogP contribution in [0.2, 0.25) is 0 Å². The molecule has 6 nitrogen and oxygen atoms in total. The minimum atomic E-state index is -0.279. The van der Waals surface area contributed by atoms with E-state index in [-0.39, 0.29) is 42.1 Å². The zero-order chi connectivity index (χ0) is 20.1. The molecule has 0 bridgehead atoms. The number of nitrogens with one attached hydrogen (secondary N) is 1. The molecular formula is C21H32ClFN4O2. The van der Waals surface area contributed by atoms with E-state index in [4.69, 9.17) is 0 Å². The van der Waals surface area contributed by atoms with Crippen molar-refractivity contribution in [2.24, 2.45) is 5.92 Å². The highest BCUT2D eigenvalue weighted by Crippen LogP contribution is 2.28. The molecule has 3 rings (SSSR count). The second-order valence-corrected chi connectivity index (χ2v) is 7.52. The van der Waals surface area contributed by atoms with Gasteiger partial charge in [-0.05, 0) is 44.4 Å². The molecule has 162 valence electrons. The molecular weight excluding hydrogens is 395 g/mol. The minimum Gasteiger partial charge on any atom is -0.333 e. The number of halogens is 2. The summed E-state index contributed by atoms with van der Waals surface area (Å²) in [5.41, 5.74) is 0.828. The van der Waals surface area contributed by atoms with Gasteiger partial charge in [-0.3, -0.25) is 4.79 Å². The van der Waals surface area contributed by atoms with Crippen molar-refractivity contribution < 1.29 is 14.0 Å². The third-order valence-electron chi connectivity index (χ3n) is 5.91. The zero-order valence-electron chi connectivity index (χ0n) is 17.3. The molecule has 1 unspecified atom stereocenters. The summed E-state index contributed by atoms with van der Waals surface area (Å²) in [5, 5.41) is 3.31. The van der Waals surface area contributed by atoms with Crippen LogP contribution in [0.1, 0.15) is 38.3 Å².